The molecule has 1 aliphatic rings. The summed E-state index contributed by atoms with van der Waals surface area (Å²) in [5, 5.41) is 9.97. The van der Waals surface area contributed by atoms with E-state index in [-0.39, 0.29) is 5.91 Å². The Bertz CT molecular complexity index is 850. The van der Waals surface area contributed by atoms with E-state index >= 15 is 0 Å². The second kappa shape index (κ2) is 10.4. The molecule has 5 N–H and O–H groups in total. The number of carbonyl (C=O) groups is 2. The number of amides is 2. The molecular formula is C21H25N5O2S. The Morgan fingerprint density at radius 2 is 1.66 bits per heavy atom. The predicted molar refractivity (Wildman–Crippen MR) is 120 cm³/mol. The van der Waals surface area contributed by atoms with Crippen molar-refractivity contribution in [2.75, 3.05) is 16.1 Å². The highest BCUT2D eigenvalue weighted by atomic mass is 32.1. The first-order valence-corrected chi connectivity index (χ1v) is 10.1. The number of hydrazine groups is 1. The van der Waals surface area contributed by atoms with Gasteiger partial charge in [0.1, 0.15) is 0 Å². The first-order chi connectivity index (χ1) is 14.1. The van der Waals surface area contributed by atoms with Crippen LogP contribution in [0.3, 0.4) is 0 Å². The second-order valence-electron chi connectivity index (χ2n) is 6.93. The van der Waals surface area contributed by atoms with E-state index in [9.17, 15) is 9.59 Å². The molecule has 7 nitrogen and oxygen atoms in total. The van der Waals surface area contributed by atoms with E-state index in [1.54, 1.807) is 36.4 Å². The lowest BCUT2D eigenvalue weighted by molar-refractivity contribution is -0.109. The summed E-state index contributed by atoms with van der Waals surface area (Å²) < 4.78 is 0. The van der Waals surface area contributed by atoms with Crippen LogP contribution in [0.1, 0.15) is 42.5 Å². The van der Waals surface area contributed by atoms with E-state index in [1.807, 2.05) is 12.1 Å². The molecule has 8 heteroatoms. The number of anilines is 3. The van der Waals surface area contributed by atoms with Crippen molar-refractivity contribution in [2.24, 2.45) is 0 Å². The molecule has 0 radical (unpaired) electrons. The fourth-order valence-electron chi connectivity index (χ4n) is 3.29. The van der Waals surface area contributed by atoms with Gasteiger partial charge in [-0.3, -0.25) is 20.4 Å². The molecule has 0 aromatic heterocycles. The Morgan fingerprint density at radius 1 is 0.931 bits per heavy atom. The summed E-state index contributed by atoms with van der Waals surface area (Å²) in [6.07, 6.45) is 6.60. The molecule has 0 unspecified atom stereocenters. The molecule has 0 atom stereocenters. The molecule has 0 heterocycles. The van der Waals surface area contributed by atoms with Crippen molar-refractivity contribution < 1.29 is 9.59 Å². The van der Waals surface area contributed by atoms with Gasteiger partial charge in [0.05, 0.1) is 5.69 Å². The summed E-state index contributed by atoms with van der Waals surface area (Å²) in [5.41, 5.74) is 7.72. The standard InChI is InChI=1S/C21H25N5O2S/c27-14-22-26-18-11-9-17(10-12-18)23-20(28)15-5-4-8-19(13-15)25-21(29)24-16-6-2-1-3-7-16/h4-5,8-14,16,26H,1-3,6-7H2,(H,22,27)(H,23,28)(H2,24,25,29). The van der Waals surface area contributed by atoms with Gasteiger partial charge in [-0.1, -0.05) is 25.3 Å². The fraction of sp³-hybridized carbons (Fsp3) is 0.286. The minimum absolute atomic E-state index is 0.216. The minimum atomic E-state index is -0.216. The van der Waals surface area contributed by atoms with Crippen molar-refractivity contribution in [1.82, 2.24) is 10.7 Å². The van der Waals surface area contributed by atoms with Crippen molar-refractivity contribution >= 4 is 46.7 Å². The lowest BCUT2D eigenvalue weighted by atomic mass is 9.96. The molecular weight excluding hydrogens is 386 g/mol. The Kier molecular flexibility index (Phi) is 7.40. The Morgan fingerprint density at radius 3 is 2.38 bits per heavy atom. The molecule has 2 amide bonds. The average molecular weight is 412 g/mol. The SMILES string of the molecule is O=CNNc1ccc(NC(=O)c2cccc(NC(=S)NC3CCCCC3)c2)cc1. The van der Waals surface area contributed by atoms with Crippen LogP contribution in [-0.4, -0.2) is 23.5 Å². The van der Waals surface area contributed by atoms with Crippen molar-refractivity contribution in [1.29, 1.82) is 0 Å². The van der Waals surface area contributed by atoms with Gasteiger partial charge in [-0.05, 0) is 67.5 Å². The third-order valence-electron chi connectivity index (χ3n) is 4.74. The van der Waals surface area contributed by atoms with Crippen molar-refractivity contribution in [3.8, 4) is 0 Å². The lowest BCUT2D eigenvalue weighted by Crippen LogP contribution is -2.38. The van der Waals surface area contributed by atoms with Crippen LogP contribution in [0.5, 0.6) is 0 Å². The van der Waals surface area contributed by atoms with E-state index in [4.69, 9.17) is 12.2 Å². The number of rotatable bonds is 7. The number of thiocarbonyl (C=S) groups is 1. The quantitative estimate of drug-likeness (QED) is 0.271. The maximum atomic E-state index is 12.6. The van der Waals surface area contributed by atoms with Gasteiger partial charge in [0.25, 0.3) is 5.91 Å². The predicted octanol–water partition coefficient (Wildman–Crippen LogP) is 3.63. The highest BCUT2D eigenvalue weighted by Gasteiger charge is 2.14. The van der Waals surface area contributed by atoms with Gasteiger partial charge in [0.2, 0.25) is 6.41 Å². The zero-order valence-corrected chi connectivity index (χ0v) is 16.9. The van der Waals surface area contributed by atoms with Crippen LogP contribution in [0.2, 0.25) is 0 Å². The number of carbonyl (C=O) groups excluding carboxylic acids is 2. The van der Waals surface area contributed by atoms with Gasteiger partial charge in [0.15, 0.2) is 5.11 Å². The van der Waals surface area contributed by atoms with Crippen LogP contribution in [0.15, 0.2) is 48.5 Å². The number of nitrogens with one attached hydrogen (secondary N) is 5. The Hall–Kier alpha value is -3.13. The second-order valence-corrected chi connectivity index (χ2v) is 7.34. The summed E-state index contributed by atoms with van der Waals surface area (Å²) in [6.45, 7) is 0. The summed E-state index contributed by atoms with van der Waals surface area (Å²) in [6, 6.07) is 14.6. The van der Waals surface area contributed by atoms with Gasteiger partial charge in [-0.15, -0.1) is 0 Å². The molecule has 0 saturated heterocycles. The molecule has 3 rings (SSSR count). The molecule has 1 aliphatic carbocycles. The largest absolute Gasteiger partial charge is 0.360 e. The third kappa shape index (κ3) is 6.46. The molecule has 29 heavy (non-hydrogen) atoms. The first kappa shape index (κ1) is 20.6. The molecule has 0 aliphatic heterocycles. The average Bonchev–Trinajstić information content (AvgIpc) is 2.74. The number of hydrogen-bond acceptors (Lipinski definition) is 4. The maximum absolute atomic E-state index is 12.6. The van der Waals surface area contributed by atoms with Crippen LogP contribution in [0, 0.1) is 0 Å². The first-order valence-electron chi connectivity index (χ1n) is 9.68. The van der Waals surface area contributed by atoms with E-state index in [0.29, 0.717) is 34.5 Å². The molecule has 2 aromatic rings. The monoisotopic (exact) mass is 411 g/mol. The maximum Gasteiger partial charge on any atom is 0.255 e. The Labute approximate surface area is 175 Å². The van der Waals surface area contributed by atoms with E-state index in [2.05, 4.69) is 26.8 Å². The van der Waals surface area contributed by atoms with Gasteiger partial charge in [-0.25, -0.2) is 0 Å². The van der Waals surface area contributed by atoms with E-state index in [0.717, 1.165) is 18.5 Å². The van der Waals surface area contributed by atoms with Gasteiger partial charge < -0.3 is 16.0 Å². The van der Waals surface area contributed by atoms with Gasteiger partial charge in [-0.2, -0.15) is 0 Å². The fourth-order valence-corrected chi connectivity index (χ4v) is 3.58. The van der Waals surface area contributed by atoms with E-state index < -0.39 is 0 Å². The summed E-state index contributed by atoms with van der Waals surface area (Å²) in [4.78, 5) is 22.9. The van der Waals surface area contributed by atoms with Gasteiger partial charge in [0, 0.05) is 23.0 Å². The lowest BCUT2D eigenvalue weighted by Gasteiger charge is -2.24. The molecule has 152 valence electrons. The topological polar surface area (TPSA) is 94.3 Å². The minimum Gasteiger partial charge on any atom is -0.360 e. The van der Waals surface area contributed by atoms with E-state index in [1.165, 1.54) is 19.3 Å². The number of benzene rings is 2. The van der Waals surface area contributed by atoms with Crippen LogP contribution >= 0.6 is 12.2 Å². The van der Waals surface area contributed by atoms with Crippen LogP contribution in [0.4, 0.5) is 17.1 Å². The normalized spacial score (nSPS) is 13.8. The molecule has 1 saturated carbocycles. The molecule has 1 fully saturated rings. The summed E-state index contributed by atoms with van der Waals surface area (Å²) in [5.74, 6) is -0.216. The molecule has 0 spiro atoms. The van der Waals surface area contributed by atoms with Gasteiger partial charge >= 0.3 is 0 Å². The van der Waals surface area contributed by atoms with Crippen LogP contribution in [-0.2, 0) is 4.79 Å². The zero-order chi connectivity index (χ0) is 20.5. The molecule has 2 aromatic carbocycles. The van der Waals surface area contributed by atoms with Crippen molar-refractivity contribution in [3.63, 3.8) is 0 Å². The molecule has 0 bridgehead atoms. The summed E-state index contributed by atoms with van der Waals surface area (Å²) >= 11 is 5.42. The van der Waals surface area contributed by atoms with Crippen molar-refractivity contribution in [3.05, 3.63) is 54.1 Å². The zero-order valence-electron chi connectivity index (χ0n) is 16.0. The highest BCUT2D eigenvalue weighted by molar-refractivity contribution is 7.80. The third-order valence-corrected chi connectivity index (χ3v) is 4.96. The van der Waals surface area contributed by atoms with Crippen LogP contribution < -0.4 is 26.8 Å². The highest BCUT2D eigenvalue weighted by Crippen LogP contribution is 2.18. The number of hydrogen-bond donors (Lipinski definition) is 5. The summed E-state index contributed by atoms with van der Waals surface area (Å²) in [7, 11) is 0. The van der Waals surface area contributed by atoms with Crippen LogP contribution in [0.25, 0.3) is 0 Å². The Balaban J connectivity index is 1.55. The van der Waals surface area contributed by atoms with Crippen molar-refractivity contribution in [2.45, 2.75) is 38.1 Å². The smallest absolute Gasteiger partial charge is 0.255 e.